The summed E-state index contributed by atoms with van der Waals surface area (Å²) in [6.07, 6.45) is 0. The Bertz CT molecular complexity index is 508. The van der Waals surface area contributed by atoms with Gasteiger partial charge in [-0.1, -0.05) is 23.1 Å². The lowest BCUT2D eigenvalue weighted by Crippen LogP contribution is -1.99. The standard InChI is InChI=1S/C9H7BrN2OS3/c1-5-11-12-9(16-5)15-4-7(13)8-6(10)2-3-14-8/h2-3H,4H2,1H3. The number of Topliss-reactive ketones (excluding diaryl/α,β-unsaturated/α-hetero) is 1. The molecule has 7 heteroatoms. The van der Waals surface area contributed by atoms with Crippen LogP contribution in [-0.2, 0) is 0 Å². The Balaban J connectivity index is 1.96. The zero-order valence-corrected chi connectivity index (χ0v) is 12.3. The minimum atomic E-state index is 0.125. The molecule has 0 unspecified atom stereocenters. The average Bonchev–Trinajstić information content (AvgIpc) is 2.84. The highest BCUT2D eigenvalue weighted by Crippen LogP contribution is 2.27. The summed E-state index contributed by atoms with van der Waals surface area (Å²) < 4.78 is 1.72. The maximum Gasteiger partial charge on any atom is 0.184 e. The lowest BCUT2D eigenvalue weighted by atomic mass is 10.3. The summed E-state index contributed by atoms with van der Waals surface area (Å²) in [7, 11) is 0. The van der Waals surface area contributed by atoms with Crippen LogP contribution in [0.1, 0.15) is 14.7 Å². The monoisotopic (exact) mass is 334 g/mol. The number of thioether (sulfide) groups is 1. The Labute approximate surface area is 113 Å². The summed E-state index contributed by atoms with van der Waals surface area (Å²) in [4.78, 5) is 12.6. The predicted octanol–water partition coefficient (Wildman–Crippen LogP) is 3.65. The maximum atomic E-state index is 11.8. The Morgan fingerprint density at radius 2 is 2.38 bits per heavy atom. The van der Waals surface area contributed by atoms with Gasteiger partial charge in [0.05, 0.1) is 10.6 Å². The first-order valence-corrected chi connectivity index (χ1v) is 7.83. The third-order valence-electron chi connectivity index (χ3n) is 1.70. The van der Waals surface area contributed by atoms with Crippen LogP contribution in [-0.4, -0.2) is 21.7 Å². The molecule has 0 spiro atoms. The second-order valence-electron chi connectivity index (χ2n) is 2.90. The van der Waals surface area contributed by atoms with Crippen molar-refractivity contribution in [1.82, 2.24) is 10.2 Å². The van der Waals surface area contributed by atoms with Crippen molar-refractivity contribution < 1.29 is 4.79 Å². The van der Waals surface area contributed by atoms with Gasteiger partial charge in [0.25, 0.3) is 0 Å². The lowest BCUT2D eigenvalue weighted by molar-refractivity contribution is 0.102. The number of aromatic nitrogens is 2. The van der Waals surface area contributed by atoms with Gasteiger partial charge in [0.2, 0.25) is 0 Å². The fraction of sp³-hybridized carbons (Fsp3) is 0.222. The summed E-state index contributed by atoms with van der Waals surface area (Å²) in [5.41, 5.74) is 0. The van der Waals surface area contributed by atoms with Gasteiger partial charge >= 0.3 is 0 Å². The molecule has 0 bridgehead atoms. The fourth-order valence-corrected chi connectivity index (χ4v) is 4.33. The van der Waals surface area contributed by atoms with E-state index in [0.717, 1.165) is 18.7 Å². The van der Waals surface area contributed by atoms with E-state index in [-0.39, 0.29) is 5.78 Å². The van der Waals surface area contributed by atoms with Crippen molar-refractivity contribution in [2.75, 3.05) is 5.75 Å². The van der Waals surface area contributed by atoms with Gasteiger partial charge in [-0.05, 0) is 34.3 Å². The first-order valence-electron chi connectivity index (χ1n) is 4.36. The molecule has 0 N–H and O–H groups in total. The third-order valence-corrected chi connectivity index (χ3v) is 5.56. The van der Waals surface area contributed by atoms with E-state index in [9.17, 15) is 4.79 Å². The molecule has 0 aliphatic rings. The molecule has 0 aliphatic carbocycles. The number of hydrogen-bond acceptors (Lipinski definition) is 6. The van der Waals surface area contributed by atoms with E-state index in [1.807, 2.05) is 18.4 Å². The van der Waals surface area contributed by atoms with Gasteiger partial charge in [-0.15, -0.1) is 21.5 Å². The van der Waals surface area contributed by atoms with Gasteiger partial charge in [0, 0.05) is 4.47 Å². The maximum absolute atomic E-state index is 11.8. The highest BCUT2D eigenvalue weighted by atomic mass is 79.9. The molecule has 16 heavy (non-hydrogen) atoms. The minimum absolute atomic E-state index is 0.125. The van der Waals surface area contributed by atoms with Crippen LogP contribution in [0, 0.1) is 6.92 Å². The van der Waals surface area contributed by atoms with Gasteiger partial charge < -0.3 is 0 Å². The molecule has 0 radical (unpaired) electrons. The van der Waals surface area contributed by atoms with E-state index in [4.69, 9.17) is 0 Å². The van der Waals surface area contributed by atoms with Crippen molar-refractivity contribution >= 4 is 56.1 Å². The molecular formula is C9H7BrN2OS3. The molecule has 0 atom stereocenters. The van der Waals surface area contributed by atoms with E-state index in [2.05, 4.69) is 26.1 Å². The Kier molecular flexibility index (Phi) is 4.12. The molecule has 0 saturated heterocycles. The molecule has 2 aromatic heterocycles. The van der Waals surface area contributed by atoms with Crippen molar-refractivity contribution in [3.63, 3.8) is 0 Å². The van der Waals surface area contributed by atoms with E-state index in [1.165, 1.54) is 34.4 Å². The number of carbonyl (C=O) groups is 1. The van der Waals surface area contributed by atoms with Crippen LogP contribution in [0.2, 0.25) is 0 Å². The number of aryl methyl sites for hydroxylation is 1. The molecule has 0 aromatic carbocycles. The van der Waals surface area contributed by atoms with Crippen molar-refractivity contribution in [2.45, 2.75) is 11.3 Å². The summed E-state index contributed by atoms with van der Waals surface area (Å²) in [6, 6.07) is 1.89. The van der Waals surface area contributed by atoms with Crippen molar-refractivity contribution in [3.8, 4) is 0 Å². The molecule has 0 fully saturated rings. The molecule has 84 valence electrons. The molecule has 2 heterocycles. The highest BCUT2D eigenvalue weighted by Gasteiger charge is 2.13. The molecule has 0 amide bonds. The van der Waals surface area contributed by atoms with Gasteiger partial charge in [0.1, 0.15) is 5.01 Å². The van der Waals surface area contributed by atoms with Crippen LogP contribution in [0.5, 0.6) is 0 Å². The van der Waals surface area contributed by atoms with Gasteiger partial charge in [-0.25, -0.2) is 0 Å². The summed E-state index contributed by atoms with van der Waals surface area (Å²) in [5, 5.41) is 10.7. The summed E-state index contributed by atoms with van der Waals surface area (Å²) in [6.45, 7) is 1.90. The highest BCUT2D eigenvalue weighted by molar-refractivity contribution is 9.10. The quantitative estimate of drug-likeness (QED) is 0.632. The number of ketones is 1. The summed E-state index contributed by atoms with van der Waals surface area (Å²) in [5.74, 6) is 0.535. The van der Waals surface area contributed by atoms with E-state index in [0.29, 0.717) is 5.75 Å². The zero-order chi connectivity index (χ0) is 11.5. The SMILES string of the molecule is Cc1nnc(SCC(=O)c2sccc2Br)s1. The van der Waals surface area contributed by atoms with Crippen LogP contribution in [0.4, 0.5) is 0 Å². The average molecular weight is 335 g/mol. The number of rotatable bonds is 4. The molecular weight excluding hydrogens is 328 g/mol. The minimum Gasteiger partial charge on any atom is -0.292 e. The predicted molar refractivity (Wildman–Crippen MR) is 71.7 cm³/mol. The van der Waals surface area contributed by atoms with Gasteiger partial charge in [0.15, 0.2) is 10.1 Å². The second kappa shape index (κ2) is 5.39. The first-order chi connectivity index (χ1) is 7.66. The topological polar surface area (TPSA) is 42.9 Å². The largest absolute Gasteiger partial charge is 0.292 e. The van der Waals surface area contributed by atoms with Crippen molar-refractivity contribution in [3.05, 3.63) is 25.8 Å². The number of halogens is 1. The number of nitrogens with zero attached hydrogens (tertiary/aromatic N) is 2. The van der Waals surface area contributed by atoms with Crippen LogP contribution < -0.4 is 0 Å². The van der Waals surface area contributed by atoms with E-state index in [1.54, 1.807) is 0 Å². The Morgan fingerprint density at radius 1 is 1.56 bits per heavy atom. The third kappa shape index (κ3) is 2.91. The van der Waals surface area contributed by atoms with Crippen LogP contribution in [0.25, 0.3) is 0 Å². The normalized spacial score (nSPS) is 10.6. The number of thiophene rings is 1. The smallest absolute Gasteiger partial charge is 0.184 e. The fourth-order valence-electron chi connectivity index (χ4n) is 1.02. The number of hydrogen-bond donors (Lipinski definition) is 0. The van der Waals surface area contributed by atoms with E-state index >= 15 is 0 Å². The summed E-state index contributed by atoms with van der Waals surface area (Å²) >= 11 is 7.76. The zero-order valence-electron chi connectivity index (χ0n) is 8.27. The molecule has 0 saturated carbocycles. The van der Waals surface area contributed by atoms with Gasteiger partial charge in [-0.3, -0.25) is 4.79 Å². The molecule has 0 aliphatic heterocycles. The van der Waals surface area contributed by atoms with Crippen LogP contribution in [0.15, 0.2) is 20.3 Å². The number of carbonyl (C=O) groups excluding carboxylic acids is 1. The van der Waals surface area contributed by atoms with Crippen LogP contribution >= 0.6 is 50.4 Å². The molecule has 3 nitrogen and oxygen atoms in total. The van der Waals surface area contributed by atoms with Gasteiger partial charge in [-0.2, -0.15) is 0 Å². The Hall–Kier alpha value is -0.240. The second-order valence-corrected chi connectivity index (χ2v) is 7.07. The van der Waals surface area contributed by atoms with Crippen molar-refractivity contribution in [2.24, 2.45) is 0 Å². The molecule has 2 aromatic rings. The lowest BCUT2D eigenvalue weighted by Gasteiger charge is -1.96. The van der Waals surface area contributed by atoms with E-state index < -0.39 is 0 Å². The van der Waals surface area contributed by atoms with Crippen molar-refractivity contribution in [1.29, 1.82) is 0 Å². The molecule has 2 rings (SSSR count). The Morgan fingerprint density at radius 3 is 2.94 bits per heavy atom. The first kappa shape index (κ1) is 12.2. The van der Waals surface area contributed by atoms with Crippen LogP contribution in [0.3, 0.4) is 0 Å².